The summed E-state index contributed by atoms with van der Waals surface area (Å²) in [5, 5.41) is 0. The van der Waals surface area contributed by atoms with Gasteiger partial charge in [0.1, 0.15) is 0 Å². The van der Waals surface area contributed by atoms with E-state index in [1.807, 2.05) is 0 Å². The van der Waals surface area contributed by atoms with Gasteiger partial charge in [-0.1, -0.05) is 43.5 Å². The smallest absolute Gasteiger partial charge is 0.186 e. The van der Waals surface area contributed by atoms with Crippen LogP contribution in [0, 0.1) is 0 Å². The molecule has 0 aliphatic carbocycles. The van der Waals surface area contributed by atoms with Crippen LogP contribution < -0.4 is 11.5 Å². The molecule has 1 fully saturated rings. The van der Waals surface area contributed by atoms with Gasteiger partial charge in [-0.3, -0.25) is 13.3 Å². The van der Waals surface area contributed by atoms with E-state index in [0.29, 0.717) is 6.54 Å². The van der Waals surface area contributed by atoms with Gasteiger partial charge >= 0.3 is 0 Å². The zero-order chi connectivity index (χ0) is 18.7. The molecule has 1 heterocycles. The van der Waals surface area contributed by atoms with Crippen LogP contribution in [0.3, 0.4) is 0 Å². The van der Waals surface area contributed by atoms with Crippen molar-refractivity contribution in [3.63, 3.8) is 0 Å². The number of nitrogens with zero attached hydrogens (tertiary/aromatic N) is 2. The van der Waals surface area contributed by atoms with Crippen molar-refractivity contribution in [2.45, 2.75) is 45.2 Å². The number of nitrogens with two attached hydrogens (primary N) is 2. The van der Waals surface area contributed by atoms with Crippen molar-refractivity contribution < 1.29 is 17.5 Å². The largest absolute Gasteiger partial charge is 0.759 e. The highest BCUT2D eigenvalue weighted by Crippen LogP contribution is 2.16. The molecule has 0 unspecified atom stereocenters. The molecule has 1 aliphatic heterocycles. The molecule has 25 heavy (non-hydrogen) atoms. The fraction of sp³-hybridized carbons (Fsp3) is 0.562. The van der Waals surface area contributed by atoms with E-state index in [4.69, 9.17) is 29.0 Å². The monoisotopic (exact) mass is 370 g/mol. The lowest BCUT2D eigenvalue weighted by Crippen LogP contribution is -2.27. The lowest BCUT2D eigenvalue weighted by atomic mass is 10.0. The molecular weight excluding hydrogens is 344 g/mol. The number of benzene rings is 1. The number of rotatable bonds is 4. The molecule has 142 valence electrons. The molecule has 0 bridgehead atoms. The van der Waals surface area contributed by atoms with E-state index in [9.17, 15) is 0 Å². The third kappa shape index (κ3) is 11.5. The van der Waals surface area contributed by atoms with Crippen LogP contribution in [0.5, 0.6) is 0 Å². The Morgan fingerprint density at radius 3 is 2.00 bits per heavy atom. The first-order chi connectivity index (χ1) is 11.8. The van der Waals surface area contributed by atoms with Crippen molar-refractivity contribution in [3.8, 4) is 0 Å². The fourth-order valence-corrected chi connectivity index (χ4v) is 2.75. The summed E-state index contributed by atoms with van der Waals surface area (Å²) in [6, 6.07) is 8.45. The van der Waals surface area contributed by atoms with Gasteiger partial charge in [0.25, 0.3) is 0 Å². The Labute approximate surface area is 149 Å². The molecule has 0 spiro atoms. The highest BCUT2D eigenvalue weighted by molar-refractivity contribution is 7.79. The van der Waals surface area contributed by atoms with E-state index in [-0.39, 0.29) is 5.96 Å². The van der Waals surface area contributed by atoms with Gasteiger partial charge < -0.3 is 20.6 Å². The Morgan fingerprint density at radius 2 is 1.48 bits per heavy atom. The van der Waals surface area contributed by atoms with E-state index < -0.39 is 10.4 Å². The SMILES string of the molecule is NC(N)=NCc1ccccc1CN1CCCCCCC1.O=S(=O)([O-])[O-]. The second-order valence-corrected chi connectivity index (χ2v) is 6.78. The molecule has 8 nitrogen and oxygen atoms in total. The molecule has 0 radical (unpaired) electrons. The van der Waals surface area contributed by atoms with Gasteiger partial charge in [0.05, 0.1) is 6.54 Å². The van der Waals surface area contributed by atoms with Crippen LogP contribution in [0.1, 0.15) is 43.2 Å². The lowest BCUT2D eigenvalue weighted by Gasteiger charge is -2.25. The minimum Gasteiger partial charge on any atom is -0.759 e. The van der Waals surface area contributed by atoms with Crippen LogP contribution in [-0.4, -0.2) is 41.5 Å². The van der Waals surface area contributed by atoms with Crippen molar-refractivity contribution in [1.29, 1.82) is 0 Å². The summed E-state index contributed by atoms with van der Waals surface area (Å²) in [6.07, 6.45) is 6.76. The van der Waals surface area contributed by atoms with Crippen LogP contribution in [0.4, 0.5) is 0 Å². The molecule has 9 heteroatoms. The van der Waals surface area contributed by atoms with E-state index in [1.54, 1.807) is 0 Å². The topological polar surface area (TPSA) is 148 Å². The number of hydrogen-bond acceptors (Lipinski definition) is 6. The lowest BCUT2D eigenvalue weighted by molar-refractivity contribution is 0.239. The van der Waals surface area contributed by atoms with E-state index in [0.717, 1.165) is 6.54 Å². The van der Waals surface area contributed by atoms with Crippen molar-refractivity contribution in [1.82, 2.24) is 4.90 Å². The molecular formula is C16H26N4O4S-2. The van der Waals surface area contributed by atoms with Crippen molar-refractivity contribution in [3.05, 3.63) is 35.4 Å². The molecule has 0 amide bonds. The first-order valence-electron chi connectivity index (χ1n) is 8.27. The van der Waals surface area contributed by atoms with E-state index >= 15 is 0 Å². The zero-order valence-electron chi connectivity index (χ0n) is 14.3. The molecule has 1 aliphatic rings. The molecule has 0 saturated carbocycles. The Kier molecular flexibility index (Phi) is 9.43. The number of hydrogen-bond donors (Lipinski definition) is 2. The average Bonchev–Trinajstić information content (AvgIpc) is 2.47. The van der Waals surface area contributed by atoms with Gasteiger partial charge in [-0.15, -0.1) is 0 Å². The highest BCUT2D eigenvalue weighted by atomic mass is 32.3. The summed E-state index contributed by atoms with van der Waals surface area (Å²) in [7, 11) is -5.17. The molecule has 1 saturated heterocycles. The molecule has 1 aromatic rings. The maximum Gasteiger partial charge on any atom is 0.186 e. The Hall–Kier alpha value is -1.68. The second-order valence-electron chi connectivity index (χ2n) is 5.96. The third-order valence-electron chi connectivity index (χ3n) is 3.89. The van der Waals surface area contributed by atoms with Crippen LogP contribution in [0.15, 0.2) is 29.3 Å². The third-order valence-corrected chi connectivity index (χ3v) is 3.89. The quantitative estimate of drug-likeness (QED) is 0.346. The predicted molar refractivity (Wildman–Crippen MR) is 94.8 cm³/mol. The molecule has 2 rings (SSSR count). The van der Waals surface area contributed by atoms with Crippen LogP contribution >= 0.6 is 0 Å². The van der Waals surface area contributed by atoms with Gasteiger partial charge in [-0.2, -0.15) is 0 Å². The van der Waals surface area contributed by atoms with Gasteiger partial charge in [0.2, 0.25) is 0 Å². The van der Waals surface area contributed by atoms with Gasteiger partial charge in [-0.25, -0.2) is 4.99 Å². The summed E-state index contributed by atoms with van der Waals surface area (Å²) in [4.78, 5) is 6.70. The van der Waals surface area contributed by atoms with Crippen LogP contribution in [0.25, 0.3) is 0 Å². The molecule has 0 aromatic heterocycles. The van der Waals surface area contributed by atoms with E-state index in [2.05, 4.69) is 34.2 Å². The predicted octanol–water partition coefficient (Wildman–Crippen LogP) is 0.888. The summed E-state index contributed by atoms with van der Waals surface area (Å²) < 4.78 is 34.1. The maximum absolute atomic E-state index is 8.52. The van der Waals surface area contributed by atoms with Crippen LogP contribution in [-0.2, 0) is 23.5 Å². The minimum atomic E-state index is -5.17. The molecule has 1 aromatic carbocycles. The van der Waals surface area contributed by atoms with E-state index in [1.165, 1.54) is 56.3 Å². The summed E-state index contributed by atoms with van der Waals surface area (Å²) in [6.45, 7) is 4.00. The minimum absolute atomic E-state index is 0.158. The second kappa shape index (κ2) is 11.0. The van der Waals surface area contributed by atoms with Gasteiger partial charge in [0.15, 0.2) is 5.96 Å². The Morgan fingerprint density at radius 1 is 1.00 bits per heavy atom. The van der Waals surface area contributed by atoms with Crippen molar-refractivity contribution in [2.24, 2.45) is 16.5 Å². The number of guanidine groups is 1. The van der Waals surface area contributed by atoms with Crippen molar-refractivity contribution >= 4 is 16.4 Å². The maximum atomic E-state index is 8.52. The Balaban J connectivity index is 0.000000550. The molecule has 4 N–H and O–H groups in total. The van der Waals surface area contributed by atoms with Crippen LogP contribution in [0.2, 0.25) is 0 Å². The highest BCUT2D eigenvalue weighted by Gasteiger charge is 2.10. The fourth-order valence-electron chi connectivity index (χ4n) is 2.75. The number of likely N-dealkylation sites (tertiary alicyclic amines) is 1. The number of aliphatic imine (C=N–C) groups is 1. The first-order valence-corrected chi connectivity index (χ1v) is 9.60. The zero-order valence-corrected chi connectivity index (χ0v) is 15.1. The average molecular weight is 370 g/mol. The Bertz CT molecular complexity index is 629. The van der Waals surface area contributed by atoms with Gasteiger partial charge in [-0.05, 0) is 37.1 Å². The standard InChI is InChI=1S/C16H26N4.H2O4S/c17-16(18)19-12-14-8-4-5-9-15(14)13-20-10-6-2-1-3-7-11-20;1-5(2,3)4/h4-5,8-9H,1-3,6-7,10-13H2,(H4,17,18,19);(H2,1,2,3,4)/p-2. The summed E-state index contributed by atoms with van der Waals surface area (Å²) in [5.41, 5.74) is 13.4. The molecule has 0 atom stereocenters. The van der Waals surface area contributed by atoms with Crippen molar-refractivity contribution in [2.75, 3.05) is 13.1 Å². The summed E-state index contributed by atoms with van der Waals surface area (Å²) >= 11 is 0. The first kappa shape index (κ1) is 21.4. The normalized spacial score (nSPS) is 16.1. The summed E-state index contributed by atoms with van der Waals surface area (Å²) in [5.74, 6) is 0.158. The van der Waals surface area contributed by atoms with Gasteiger partial charge in [0, 0.05) is 16.9 Å².